The van der Waals surface area contributed by atoms with Crippen LogP contribution in [0.3, 0.4) is 0 Å². The Morgan fingerprint density at radius 3 is 2.50 bits per heavy atom. The van der Waals surface area contributed by atoms with Crippen LogP contribution in [0.4, 0.5) is 24.9 Å². The molecule has 0 radical (unpaired) electrons. The monoisotopic (exact) mass is 308 g/mol. The van der Waals surface area contributed by atoms with E-state index in [2.05, 4.69) is 20.6 Å². The van der Waals surface area contributed by atoms with E-state index in [1.165, 1.54) is 0 Å². The van der Waals surface area contributed by atoms with Gasteiger partial charge in [0.25, 0.3) is 0 Å². The second-order valence-electron chi connectivity index (χ2n) is 4.19. The minimum Gasteiger partial charge on any atom is -0.366 e. The number of aromatic nitrogens is 2. The number of nitrogens with zero attached hydrogens (tertiary/aromatic N) is 2. The van der Waals surface area contributed by atoms with Crippen LogP contribution >= 0.6 is 11.8 Å². The minimum absolute atomic E-state index is 0.0103. The maximum atomic E-state index is 12.8. The average Bonchev–Trinajstić information content (AvgIpc) is 2.37. The Morgan fingerprint density at radius 2 is 2.00 bits per heavy atom. The standard InChI is InChI=1S/C12H19F3N4S/c1-4-8(7-20-3)17-10-6-9(12(13,14)15)18-11(19-10)16-5-2/h6,8H,4-5,7H2,1-3H3,(H2,16,17,18,19). The van der Waals surface area contributed by atoms with Gasteiger partial charge in [-0.05, 0) is 19.6 Å². The molecule has 0 bridgehead atoms. The van der Waals surface area contributed by atoms with Gasteiger partial charge in [0, 0.05) is 24.4 Å². The molecule has 1 aromatic rings. The summed E-state index contributed by atoms with van der Waals surface area (Å²) in [5.74, 6) is 0.992. The fourth-order valence-electron chi connectivity index (χ4n) is 1.58. The molecule has 0 aromatic carbocycles. The smallest absolute Gasteiger partial charge is 0.366 e. The molecule has 0 fully saturated rings. The van der Waals surface area contributed by atoms with Gasteiger partial charge in [0.05, 0.1) is 0 Å². The van der Waals surface area contributed by atoms with Gasteiger partial charge in [-0.25, -0.2) is 4.98 Å². The van der Waals surface area contributed by atoms with Gasteiger partial charge in [-0.1, -0.05) is 6.92 Å². The molecule has 0 aliphatic carbocycles. The average molecular weight is 308 g/mol. The van der Waals surface area contributed by atoms with Crippen LogP contribution in [-0.4, -0.2) is 34.6 Å². The van der Waals surface area contributed by atoms with Crippen LogP contribution in [0, 0.1) is 0 Å². The Labute approximate surface area is 121 Å². The zero-order valence-corrected chi connectivity index (χ0v) is 12.5. The van der Waals surface area contributed by atoms with Crippen molar-refractivity contribution in [1.82, 2.24) is 9.97 Å². The fourth-order valence-corrected chi connectivity index (χ4v) is 2.30. The lowest BCUT2D eigenvalue weighted by Gasteiger charge is -2.18. The van der Waals surface area contributed by atoms with E-state index in [4.69, 9.17) is 0 Å². The van der Waals surface area contributed by atoms with E-state index < -0.39 is 11.9 Å². The third-order valence-corrected chi connectivity index (χ3v) is 3.30. The molecular weight excluding hydrogens is 289 g/mol. The van der Waals surface area contributed by atoms with Gasteiger partial charge in [-0.3, -0.25) is 0 Å². The molecule has 1 atom stereocenters. The van der Waals surface area contributed by atoms with Crippen molar-refractivity contribution in [3.63, 3.8) is 0 Å². The van der Waals surface area contributed by atoms with E-state index >= 15 is 0 Å². The van der Waals surface area contributed by atoms with Crippen LogP contribution in [0.2, 0.25) is 0 Å². The molecule has 1 aromatic heterocycles. The van der Waals surface area contributed by atoms with E-state index in [0.29, 0.717) is 6.54 Å². The Kier molecular flexibility index (Phi) is 6.38. The lowest BCUT2D eigenvalue weighted by molar-refractivity contribution is -0.141. The van der Waals surface area contributed by atoms with Crippen LogP contribution < -0.4 is 10.6 Å². The topological polar surface area (TPSA) is 49.8 Å². The SMILES string of the molecule is CCNc1nc(NC(CC)CSC)cc(C(F)(F)F)n1. The number of alkyl halides is 3. The molecule has 2 N–H and O–H groups in total. The first kappa shape index (κ1) is 16.9. The summed E-state index contributed by atoms with van der Waals surface area (Å²) < 4.78 is 38.4. The van der Waals surface area contributed by atoms with Crippen molar-refractivity contribution < 1.29 is 13.2 Å². The second kappa shape index (κ2) is 7.56. The lowest BCUT2D eigenvalue weighted by atomic mass is 10.2. The highest BCUT2D eigenvalue weighted by Gasteiger charge is 2.33. The molecule has 0 aliphatic heterocycles. The maximum Gasteiger partial charge on any atom is 0.433 e. The van der Waals surface area contributed by atoms with Gasteiger partial charge in [-0.2, -0.15) is 29.9 Å². The first-order valence-corrected chi connectivity index (χ1v) is 7.75. The molecular formula is C12H19F3N4S. The molecule has 4 nitrogen and oxygen atoms in total. The number of nitrogens with one attached hydrogen (secondary N) is 2. The quantitative estimate of drug-likeness (QED) is 0.807. The highest BCUT2D eigenvalue weighted by Crippen LogP contribution is 2.29. The van der Waals surface area contributed by atoms with Crippen molar-refractivity contribution in [2.45, 2.75) is 32.5 Å². The van der Waals surface area contributed by atoms with E-state index in [1.807, 2.05) is 13.2 Å². The van der Waals surface area contributed by atoms with E-state index in [9.17, 15) is 13.2 Å². The summed E-state index contributed by atoms with van der Waals surface area (Å²) in [6.45, 7) is 4.22. The van der Waals surface area contributed by atoms with Crippen LogP contribution in [0.1, 0.15) is 26.0 Å². The predicted octanol–water partition coefficient (Wildman–Crippen LogP) is 3.48. The number of halogens is 3. The number of hydrogen-bond donors (Lipinski definition) is 2. The summed E-state index contributed by atoms with van der Waals surface area (Å²) in [6.07, 6.45) is -1.72. The zero-order chi connectivity index (χ0) is 15.2. The van der Waals surface area contributed by atoms with Crippen LogP contribution in [-0.2, 0) is 6.18 Å². The number of rotatable bonds is 7. The Bertz CT molecular complexity index is 426. The molecule has 0 amide bonds. The maximum absolute atomic E-state index is 12.8. The molecule has 0 saturated heterocycles. The molecule has 0 spiro atoms. The summed E-state index contributed by atoms with van der Waals surface area (Å²) in [5.41, 5.74) is -0.940. The van der Waals surface area contributed by atoms with Crippen molar-refractivity contribution in [3.05, 3.63) is 11.8 Å². The van der Waals surface area contributed by atoms with Crippen molar-refractivity contribution >= 4 is 23.5 Å². The Hall–Kier alpha value is -1.18. The molecule has 114 valence electrons. The summed E-state index contributed by atoms with van der Waals surface area (Å²) in [4.78, 5) is 7.55. The van der Waals surface area contributed by atoms with Gasteiger partial charge < -0.3 is 10.6 Å². The molecule has 20 heavy (non-hydrogen) atoms. The minimum atomic E-state index is -4.48. The van der Waals surface area contributed by atoms with E-state index in [0.717, 1.165) is 18.2 Å². The first-order chi connectivity index (χ1) is 9.40. The highest BCUT2D eigenvalue weighted by atomic mass is 32.2. The fraction of sp³-hybridized carbons (Fsp3) is 0.667. The molecule has 0 saturated carbocycles. The third kappa shape index (κ3) is 5.07. The van der Waals surface area contributed by atoms with Crippen molar-refractivity contribution in [3.8, 4) is 0 Å². The molecule has 1 heterocycles. The summed E-state index contributed by atoms with van der Waals surface area (Å²) in [6, 6.07) is 1.03. The lowest BCUT2D eigenvalue weighted by Crippen LogP contribution is -2.23. The van der Waals surface area contributed by atoms with E-state index in [1.54, 1.807) is 18.7 Å². The van der Waals surface area contributed by atoms with E-state index in [-0.39, 0.29) is 17.8 Å². The summed E-state index contributed by atoms with van der Waals surface area (Å²) >= 11 is 1.63. The van der Waals surface area contributed by atoms with Crippen molar-refractivity contribution in [2.24, 2.45) is 0 Å². The third-order valence-electron chi connectivity index (χ3n) is 2.56. The summed E-state index contributed by atoms with van der Waals surface area (Å²) in [7, 11) is 0. The van der Waals surface area contributed by atoms with Gasteiger partial charge >= 0.3 is 6.18 Å². The molecule has 0 aliphatic rings. The van der Waals surface area contributed by atoms with Crippen LogP contribution in [0.15, 0.2) is 6.07 Å². The molecule has 1 unspecified atom stereocenters. The van der Waals surface area contributed by atoms with Crippen molar-refractivity contribution in [1.29, 1.82) is 0 Å². The van der Waals surface area contributed by atoms with Gasteiger partial charge in [0.1, 0.15) is 5.82 Å². The first-order valence-electron chi connectivity index (χ1n) is 6.36. The van der Waals surface area contributed by atoms with Crippen LogP contribution in [0.5, 0.6) is 0 Å². The van der Waals surface area contributed by atoms with Gasteiger partial charge in [0.2, 0.25) is 5.95 Å². The number of hydrogen-bond acceptors (Lipinski definition) is 5. The molecule has 1 rings (SSSR count). The zero-order valence-electron chi connectivity index (χ0n) is 11.7. The van der Waals surface area contributed by atoms with Crippen LogP contribution in [0.25, 0.3) is 0 Å². The second-order valence-corrected chi connectivity index (χ2v) is 5.11. The largest absolute Gasteiger partial charge is 0.433 e. The Balaban J connectivity index is 3.02. The van der Waals surface area contributed by atoms with Crippen molar-refractivity contribution in [2.75, 3.05) is 29.2 Å². The van der Waals surface area contributed by atoms with Gasteiger partial charge in [-0.15, -0.1) is 0 Å². The summed E-state index contributed by atoms with van der Waals surface area (Å²) in [5, 5.41) is 5.75. The number of anilines is 2. The van der Waals surface area contributed by atoms with Gasteiger partial charge in [0.15, 0.2) is 5.69 Å². The Morgan fingerprint density at radius 1 is 1.30 bits per heavy atom. The normalized spacial score (nSPS) is 13.1. The highest BCUT2D eigenvalue weighted by molar-refractivity contribution is 7.98. The predicted molar refractivity (Wildman–Crippen MR) is 77.3 cm³/mol. The molecule has 8 heteroatoms. The number of thioether (sulfide) groups is 1.